The highest BCUT2D eigenvalue weighted by molar-refractivity contribution is 7.98. The van der Waals surface area contributed by atoms with Crippen molar-refractivity contribution in [3.63, 3.8) is 0 Å². The van der Waals surface area contributed by atoms with Gasteiger partial charge in [-0.3, -0.25) is 9.88 Å². The summed E-state index contributed by atoms with van der Waals surface area (Å²) >= 11 is 1.83. The van der Waals surface area contributed by atoms with E-state index < -0.39 is 12.8 Å². The lowest BCUT2D eigenvalue weighted by molar-refractivity contribution is -0.154. The average Bonchev–Trinajstić information content (AvgIpc) is 2.81. The minimum atomic E-state index is -4.40. The Morgan fingerprint density at radius 1 is 1.06 bits per heavy atom. The van der Waals surface area contributed by atoms with Crippen LogP contribution in [0.15, 0.2) is 65.8 Å². The maximum Gasteiger partial charge on any atom is 0.422 e. The monoisotopic (exact) mass is 459 g/mol. The molecule has 0 fully saturated rings. The molecule has 4 rings (SSSR count). The van der Waals surface area contributed by atoms with Crippen LogP contribution < -0.4 is 4.74 Å². The second-order valence-electron chi connectivity index (χ2n) is 7.78. The molecule has 4 nitrogen and oxygen atoms in total. The fraction of sp³-hybridized carbons (Fsp3) is 0.333. The molecular weight excluding hydrogens is 435 g/mol. The van der Waals surface area contributed by atoms with Crippen LogP contribution >= 0.6 is 11.8 Å². The molecule has 32 heavy (non-hydrogen) atoms. The fourth-order valence-electron chi connectivity index (χ4n) is 3.68. The Hall–Kier alpha value is -2.58. The average molecular weight is 460 g/mol. The maximum atomic E-state index is 12.3. The Labute approximate surface area is 189 Å². The maximum absolute atomic E-state index is 12.3. The molecule has 1 aliphatic heterocycles. The standard InChI is InChI=1S/C24H24F3N3OS/c1-17(22-12-29-23(13-28-22)31-16-24(25,26)27)30-10-9-19-7-8-21(11-20(19)14-30)32-15-18-5-3-2-4-6-18/h2-8,11-13,17H,9-10,14-16H2,1H3. The van der Waals surface area contributed by atoms with E-state index in [1.54, 1.807) is 0 Å². The number of benzene rings is 2. The molecule has 0 aliphatic carbocycles. The molecule has 0 N–H and O–H groups in total. The molecule has 0 saturated carbocycles. The molecule has 2 heterocycles. The Kier molecular flexibility index (Phi) is 7.01. The molecule has 0 spiro atoms. The van der Waals surface area contributed by atoms with E-state index in [4.69, 9.17) is 0 Å². The number of nitrogens with zero attached hydrogens (tertiary/aromatic N) is 3. The molecule has 0 radical (unpaired) electrons. The van der Waals surface area contributed by atoms with Crippen LogP contribution in [0.2, 0.25) is 0 Å². The van der Waals surface area contributed by atoms with E-state index >= 15 is 0 Å². The Morgan fingerprint density at radius 3 is 2.59 bits per heavy atom. The van der Waals surface area contributed by atoms with Gasteiger partial charge in [0.2, 0.25) is 5.88 Å². The number of ether oxygens (including phenoxy) is 1. The molecule has 0 bridgehead atoms. The summed E-state index contributed by atoms with van der Waals surface area (Å²) in [6, 6.07) is 17.1. The lowest BCUT2D eigenvalue weighted by atomic mass is 9.98. The van der Waals surface area contributed by atoms with Gasteiger partial charge in [0.05, 0.1) is 24.1 Å². The second-order valence-corrected chi connectivity index (χ2v) is 8.83. The second kappa shape index (κ2) is 9.92. The number of hydrogen-bond acceptors (Lipinski definition) is 5. The van der Waals surface area contributed by atoms with Crippen LogP contribution in [-0.2, 0) is 18.7 Å². The van der Waals surface area contributed by atoms with Crippen LogP contribution in [0.4, 0.5) is 13.2 Å². The van der Waals surface area contributed by atoms with Crippen molar-refractivity contribution in [2.75, 3.05) is 13.2 Å². The highest BCUT2D eigenvalue weighted by atomic mass is 32.2. The normalized spacial score (nSPS) is 15.2. The van der Waals surface area contributed by atoms with Crippen molar-refractivity contribution in [3.8, 4) is 5.88 Å². The first-order valence-electron chi connectivity index (χ1n) is 10.4. The molecule has 1 unspecified atom stereocenters. The van der Waals surface area contributed by atoms with Crippen molar-refractivity contribution in [1.29, 1.82) is 0 Å². The predicted octanol–water partition coefficient (Wildman–Crippen LogP) is 5.83. The minimum Gasteiger partial charge on any atom is -0.467 e. The molecule has 0 amide bonds. The number of rotatable bonds is 7. The van der Waals surface area contributed by atoms with Crippen molar-refractivity contribution in [3.05, 3.63) is 83.3 Å². The first-order valence-corrected chi connectivity index (χ1v) is 11.4. The summed E-state index contributed by atoms with van der Waals surface area (Å²) in [5, 5.41) is 0. The summed E-state index contributed by atoms with van der Waals surface area (Å²) < 4.78 is 41.5. The van der Waals surface area contributed by atoms with Crippen molar-refractivity contribution in [2.24, 2.45) is 0 Å². The number of alkyl halides is 3. The summed E-state index contributed by atoms with van der Waals surface area (Å²) in [5.74, 6) is 0.806. The Morgan fingerprint density at radius 2 is 1.88 bits per heavy atom. The van der Waals surface area contributed by atoms with Gasteiger partial charge in [0.15, 0.2) is 6.61 Å². The van der Waals surface area contributed by atoms with Crippen LogP contribution in [0.25, 0.3) is 0 Å². The number of aromatic nitrogens is 2. The van der Waals surface area contributed by atoms with E-state index in [1.807, 2.05) is 24.8 Å². The van der Waals surface area contributed by atoms with Gasteiger partial charge in [-0.1, -0.05) is 36.4 Å². The minimum absolute atomic E-state index is 0.00653. The van der Waals surface area contributed by atoms with Crippen molar-refractivity contribution in [1.82, 2.24) is 14.9 Å². The highest BCUT2D eigenvalue weighted by Crippen LogP contribution is 2.31. The molecule has 8 heteroatoms. The largest absolute Gasteiger partial charge is 0.467 e. The van der Waals surface area contributed by atoms with Crippen molar-refractivity contribution < 1.29 is 17.9 Å². The quantitative estimate of drug-likeness (QED) is 0.416. The first kappa shape index (κ1) is 22.6. The topological polar surface area (TPSA) is 38.3 Å². The van der Waals surface area contributed by atoms with Gasteiger partial charge in [-0.05, 0) is 42.2 Å². The van der Waals surface area contributed by atoms with Gasteiger partial charge in [0, 0.05) is 23.7 Å². The molecule has 1 atom stereocenters. The van der Waals surface area contributed by atoms with E-state index in [0.717, 1.165) is 25.3 Å². The molecule has 3 aromatic rings. The summed E-state index contributed by atoms with van der Waals surface area (Å²) in [4.78, 5) is 11.8. The molecule has 168 valence electrons. The van der Waals surface area contributed by atoms with E-state index in [1.165, 1.54) is 34.0 Å². The summed E-state index contributed by atoms with van der Waals surface area (Å²) in [5.41, 5.74) is 4.67. The predicted molar refractivity (Wildman–Crippen MR) is 119 cm³/mol. The Bertz CT molecular complexity index is 1030. The molecule has 1 aromatic heterocycles. The zero-order valence-electron chi connectivity index (χ0n) is 17.7. The lowest BCUT2D eigenvalue weighted by Crippen LogP contribution is -2.33. The van der Waals surface area contributed by atoms with Gasteiger partial charge in [0.25, 0.3) is 0 Å². The third-order valence-electron chi connectivity index (χ3n) is 5.48. The fourth-order valence-corrected chi connectivity index (χ4v) is 4.59. The van der Waals surface area contributed by atoms with Crippen molar-refractivity contribution in [2.45, 2.75) is 42.8 Å². The van der Waals surface area contributed by atoms with Crippen LogP contribution in [0.3, 0.4) is 0 Å². The van der Waals surface area contributed by atoms with E-state index in [0.29, 0.717) is 5.69 Å². The molecular formula is C24H24F3N3OS. The summed E-state index contributed by atoms with van der Waals surface area (Å²) in [6.07, 6.45) is -0.692. The number of hydrogen-bond donors (Lipinski definition) is 0. The number of halogens is 3. The summed E-state index contributed by atoms with van der Waals surface area (Å²) in [7, 11) is 0. The SMILES string of the molecule is CC(c1cnc(OCC(F)(F)F)cn1)N1CCc2ccc(SCc3ccccc3)cc2C1. The van der Waals surface area contributed by atoms with E-state index in [-0.39, 0.29) is 11.9 Å². The third kappa shape index (κ3) is 6.01. The van der Waals surface area contributed by atoms with Crippen LogP contribution in [0.5, 0.6) is 5.88 Å². The van der Waals surface area contributed by atoms with Gasteiger partial charge in [-0.25, -0.2) is 4.98 Å². The molecule has 1 aliphatic rings. The van der Waals surface area contributed by atoms with Gasteiger partial charge in [-0.2, -0.15) is 13.2 Å². The van der Waals surface area contributed by atoms with Crippen LogP contribution in [0, 0.1) is 0 Å². The Balaban J connectivity index is 1.38. The number of fused-ring (bicyclic) bond motifs is 1. The van der Waals surface area contributed by atoms with Gasteiger partial charge in [-0.15, -0.1) is 11.8 Å². The molecule has 2 aromatic carbocycles. The van der Waals surface area contributed by atoms with Crippen molar-refractivity contribution >= 4 is 11.8 Å². The summed E-state index contributed by atoms with van der Waals surface area (Å²) in [6.45, 7) is 2.35. The lowest BCUT2D eigenvalue weighted by Gasteiger charge is -2.33. The van der Waals surface area contributed by atoms with E-state index in [2.05, 4.69) is 62.1 Å². The number of thioether (sulfide) groups is 1. The van der Waals surface area contributed by atoms with Crippen LogP contribution in [0.1, 0.15) is 35.3 Å². The highest BCUT2D eigenvalue weighted by Gasteiger charge is 2.29. The van der Waals surface area contributed by atoms with Gasteiger partial charge >= 0.3 is 6.18 Å². The third-order valence-corrected chi connectivity index (χ3v) is 6.54. The van der Waals surface area contributed by atoms with Gasteiger partial charge < -0.3 is 4.74 Å². The smallest absolute Gasteiger partial charge is 0.422 e. The zero-order valence-corrected chi connectivity index (χ0v) is 18.5. The molecule has 0 saturated heterocycles. The van der Waals surface area contributed by atoms with Gasteiger partial charge in [0.1, 0.15) is 0 Å². The first-order chi connectivity index (χ1) is 15.4. The van der Waals surface area contributed by atoms with Crippen LogP contribution in [-0.4, -0.2) is 34.2 Å². The van der Waals surface area contributed by atoms with E-state index in [9.17, 15) is 13.2 Å². The zero-order chi connectivity index (χ0) is 22.6.